The molecule has 0 saturated heterocycles. The van der Waals surface area contributed by atoms with Gasteiger partial charge in [-0.05, 0) is 36.6 Å². The highest BCUT2D eigenvalue weighted by Crippen LogP contribution is 2.27. The van der Waals surface area contributed by atoms with Crippen LogP contribution in [-0.2, 0) is 6.61 Å². The Morgan fingerprint density at radius 1 is 1.24 bits per heavy atom. The van der Waals surface area contributed by atoms with Crippen LogP contribution in [0, 0.1) is 24.0 Å². The molecule has 3 N–H and O–H groups in total. The van der Waals surface area contributed by atoms with E-state index in [1.165, 1.54) is 6.07 Å². The molecule has 0 bridgehead atoms. The summed E-state index contributed by atoms with van der Waals surface area (Å²) in [6.07, 6.45) is 0. The zero-order chi connectivity index (χ0) is 15.4. The van der Waals surface area contributed by atoms with Crippen LogP contribution in [0.5, 0.6) is 5.75 Å². The predicted molar refractivity (Wildman–Crippen MR) is 81.2 cm³/mol. The van der Waals surface area contributed by atoms with Gasteiger partial charge in [0, 0.05) is 6.07 Å². The fourth-order valence-electron chi connectivity index (χ4n) is 2.12. The van der Waals surface area contributed by atoms with Crippen molar-refractivity contribution in [1.82, 2.24) is 0 Å². The van der Waals surface area contributed by atoms with Gasteiger partial charge >= 0.3 is 0 Å². The lowest BCUT2D eigenvalue weighted by atomic mass is 10.1. The molecule has 0 aliphatic heterocycles. The lowest BCUT2D eigenvalue weighted by Crippen LogP contribution is -2.09. The molecule has 0 atom stereocenters. The molecule has 0 aliphatic rings. The number of nitrogens with one attached hydrogen (secondary N) is 1. The fraction of sp³-hybridized carbons (Fsp3) is 0.200. The van der Waals surface area contributed by atoms with Crippen molar-refractivity contribution >= 4 is 11.4 Å². The van der Waals surface area contributed by atoms with Crippen LogP contribution in [-0.4, -0.2) is 4.92 Å². The maximum Gasteiger partial charge on any atom is 0.294 e. The van der Waals surface area contributed by atoms with Crippen LogP contribution < -0.4 is 16.0 Å². The molecule has 0 heterocycles. The number of hydrazine groups is 1. The molecule has 0 fully saturated rings. The minimum atomic E-state index is -0.474. The second kappa shape index (κ2) is 6.23. The number of nitrogens with zero attached hydrogens (tertiary/aromatic N) is 1. The number of hydrogen-bond acceptors (Lipinski definition) is 5. The molecular weight excluding hydrogens is 270 g/mol. The maximum absolute atomic E-state index is 11.0. The first-order chi connectivity index (χ1) is 10.0. The zero-order valence-electron chi connectivity index (χ0n) is 11.9. The van der Waals surface area contributed by atoms with Crippen LogP contribution in [0.1, 0.15) is 16.7 Å². The van der Waals surface area contributed by atoms with E-state index in [1.54, 1.807) is 12.1 Å². The van der Waals surface area contributed by atoms with Gasteiger partial charge < -0.3 is 10.2 Å². The van der Waals surface area contributed by atoms with Crippen LogP contribution in [0.4, 0.5) is 11.4 Å². The van der Waals surface area contributed by atoms with Crippen LogP contribution in [0.15, 0.2) is 36.4 Å². The summed E-state index contributed by atoms with van der Waals surface area (Å²) >= 11 is 0. The van der Waals surface area contributed by atoms with Gasteiger partial charge in [-0.1, -0.05) is 24.3 Å². The first-order valence-electron chi connectivity index (χ1n) is 6.46. The Bertz CT molecular complexity index is 651. The maximum atomic E-state index is 11.0. The Balaban J connectivity index is 2.21. The SMILES string of the molecule is Cc1cccc(C)c1OCc1ccc(NN)c([N+](=O)[O-])c1. The zero-order valence-corrected chi connectivity index (χ0v) is 11.9. The van der Waals surface area contributed by atoms with Crippen LogP contribution >= 0.6 is 0 Å². The average molecular weight is 287 g/mol. The highest BCUT2D eigenvalue weighted by Gasteiger charge is 2.14. The summed E-state index contributed by atoms with van der Waals surface area (Å²) in [4.78, 5) is 10.5. The van der Waals surface area contributed by atoms with Crippen molar-refractivity contribution in [2.45, 2.75) is 20.5 Å². The van der Waals surface area contributed by atoms with Gasteiger partial charge in [-0.15, -0.1) is 0 Å². The summed E-state index contributed by atoms with van der Waals surface area (Å²) < 4.78 is 5.79. The predicted octanol–water partition coefficient (Wildman–Crippen LogP) is 3.08. The topological polar surface area (TPSA) is 90.4 Å². The Kier molecular flexibility index (Phi) is 4.39. The molecule has 21 heavy (non-hydrogen) atoms. The Labute approximate surface area is 122 Å². The second-order valence-corrected chi connectivity index (χ2v) is 4.76. The number of benzene rings is 2. The van der Waals surface area contributed by atoms with E-state index in [-0.39, 0.29) is 18.0 Å². The van der Waals surface area contributed by atoms with Crippen LogP contribution in [0.3, 0.4) is 0 Å². The molecule has 0 saturated carbocycles. The molecule has 2 rings (SSSR count). The van der Waals surface area contributed by atoms with Gasteiger partial charge in [-0.3, -0.25) is 16.0 Å². The van der Waals surface area contributed by atoms with E-state index >= 15 is 0 Å². The summed E-state index contributed by atoms with van der Waals surface area (Å²) in [7, 11) is 0. The number of ether oxygens (including phenoxy) is 1. The Morgan fingerprint density at radius 3 is 2.48 bits per heavy atom. The molecule has 0 aromatic heterocycles. The van der Waals surface area contributed by atoms with Gasteiger partial charge in [0.15, 0.2) is 0 Å². The molecule has 6 nitrogen and oxygen atoms in total. The van der Waals surface area contributed by atoms with Crippen molar-refractivity contribution in [3.05, 3.63) is 63.2 Å². The Hall–Kier alpha value is -2.60. The summed E-state index contributed by atoms with van der Waals surface area (Å²) in [6.45, 7) is 4.19. The smallest absolute Gasteiger partial charge is 0.294 e. The lowest BCUT2D eigenvalue weighted by molar-refractivity contribution is -0.384. The largest absolute Gasteiger partial charge is 0.488 e. The van der Waals surface area contributed by atoms with Crippen molar-refractivity contribution in [2.24, 2.45) is 5.84 Å². The van der Waals surface area contributed by atoms with E-state index in [0.29, 0.717) is 5.56 Å². The number of nitrogens with two attached hydrogens (primary N) is 1. The second-order valence-electron chi connectivity index (χ2n) is 4.76. The van der Waals surface area contributed by atoms with Gasteiger partial charge in [0.2, 0.25) is 0 Å². The van der Waals surface area contributed by atoms with Crippen LogP contribution in [0.25, 0.3) is 0 Å². The number of hydrogen-bond donors (Lipinski definition) is 2. The van der Waals surface area contributed by atoms with E-state index in [1.807, 2.05) is 32.0 Å². The van der Waals surface area contributed by atoms with E-state index < -0.39 is 4.92 Å². The van der Waals surface area contributed by atoms with Crippen molar-refractivity contribution in [3.63, 3.8) is 0 Å². The first kappa shape index (κ1) is 14.8. The highest BCUT2D eigenvalue weighted by molar-refractivity contribution is 5.61. The van der Waals surface area contributed by atoms with E-state index in [0.717, 1.165) is 16.9 Å². The van der Waals surface area contributed by atoms with Crippen molar-refractivity contribution in [1.29, 1.82) is 0 Å². The van der Waals surface area contributed by atoms with Crippen molar-refractivity contribution < 1.29 is 9.66 Å². The van der Waals surface area contributed by atoms with Crippen LogP contribution in [0.2, 0.25) is 0 Å². The molecule has 2 aromatic rings. The number of nitro groups is 1. The molecule has 2 aromatic carbocycles. The normalized spacial score (nSPS) is 10.2. The third kappa shape index (κ3) is 3.29. The quantitative estimate of drug-likeness (QED) is 0.501. The van der Waals surface area contributed by atoms with Gasteiger partial charge in [-0.25, -0.2) is 0 Å². The number of anilines is 1. The summed E-state index contributed by atoms with van der Waals surface area (Å²) in [6, 6.07) is 10.7. The van der Waals surface area contributed by atoms with E-state index in [2.05, 4.69) is 5.43 Å². The Morgan fingerprint density at radius 2 is 1.90 bits per heavy atom. The summed E-state index contributed by atoms with van der Waals surface area (Å²) in [5.41, 5.74) is 5.29. The summed E-state index contributed by atoms with van der Waals surface area (Å²) in [5.74, 6) is 6.06. The lowest BCUT2D eigenvalue weighted by Gasteiger charge is -2.12. The third-order valence-corrected chi connectivity index (χ3v) is 3.21. The van der Waals surface area contributed by atoms with Crippen molar-refractivity contribution in [2.75, 3.05) is 5.43 Å². The monoisotopic (exact) mass is 287 g/mol. The van der Waals surface area contributed by atoms with Gasteiger partial charge in [0.1, 0.15) is 18.0 Å². The van der Waals surface area contributed by atoms with Gasteiger partial charge in [-0.2, -0.15) is 0 Å². The van der Waals surface area contributed by atoms with E-state index in [4.69, 9.17) is 10.6 Å². The van der Waals surface area contributed by atoms with Gasteiger partial charge in [0.25, 0.3) is 5.69 Å². The number of nitrogen functional groups attached to an aromatic ring is 1. The standard InChI is InChI=1S/C15H17N3O3/c1-10-4-3-5-11(2)15(10)21-9-12-6-7-13(17-16)14(8-12)18(19)20/h3-8,17H,9,16H2,1-2H3. The summed E-state index contributed by atoms with van der Waals surface area (Å²) in [5, 5.41) is 11.0. The minimum absolute atomic E-state index is 0.0693. The molecule has 6 heteroatoms. The highest BCUT2D eigenvalue weighted by atomic mass is 16.6. The van der Waals surface area contributed by atoms with Crippen molar-refractivity contribution in [3.8, 4) is 5.75 Å². The molecule has 0 radical (unpaired) electrons. The molecular formula is C15H17N3O3. The number of rotatable bonds is 5. The average Bonchev–Trinajstić information content (AvgIpc) is 2.46. The molecule has 0 unspecified atom stereocenters. The molecule has 0 amide bonds. The fourth-order valence-corrected chi connectivity index (χ4v) is 2.12. The molecule has 0 spiro atoms. The number of nitro benzene ring substituents is 1. The first-order valence-corrected chi connectivity index (χ1v) is 6.46. The molecule has 0 aliphatic carbocycles. The molecule has 110 valence electrons. The van der Waals surface area contributed by atoms with E-state index in [9.17, 15) is 10.1 Å². The minimum Gasteiger partial charge on any atom is -0.488 e. The number of para-hydroxylation sites is 1. The third-order valence-electron chi connectivity index (χ3n) is 3.21. The number of aryl methyl sites for hydroxylation is 2. The van der Waals surface area contributed by atoms with Gasteiger partial charge in [0.05, 0.1) is 4.92 Å².